The first-order valence-corrected chi connectivity index (χ1v) is 11.2. The van der Waals surface area contributed by atoms with Crippen molar-refractivity contribution in [2.75, 3.05) is 0 Å². The zero-order chi connectivity index (χ0) is 24.0. The van der Waals surface area contributed by atoms with E-state index in [-0.39, 0.29) is 5.56 Å². The summed E-state index contributed by atoms with van der Waals surface area (Å²) in [6.45, 7) is 0. The van der Waals surface area contributed by atoms with Crippen LogP contribution < -0.4 is 11.3 Å². The second kappa shape index (κ2) is 8.36. The minimum atomic E-state index is -1.14. The Labute approximate surface area is 205 Å². The number of imidazole rings is 1. The predicted molar refractivity (Wildman–Crippen MR) is 134 cm³/mol. The van der Waals surface area contributed by atoms with Crippen molar-refractivity contribution in [1.29, 1.82) is 0 Å². The second-order valence-corrected chi connectivity index (χ2v) is 8.89. The van der Waals surface area contributed by atoms with Gasteiger partial charge in [-0.3, -0.25) is 4.79 Å². The van der Waals surface area contributed by atoms with Crippen molar-refractivity contribution in [3.8, 4) is 11.3 Å². The normalized spacial score (nSPS) is 13.2. The minimum Gasteiger partial charge on any atom is -0.335 e. The van der Waals surface area contributed by atoms with Gasteiger partial charge in [-0.25, -0.2) is 15.0 Å². The molecule has 4 aromatic heterocycles. The molecule has 7 nitrogen and oxygen atoms in total. The highest BCUT2D eigenvalue weighted by molar-refractivity contribution is 6.30. The van der Waals surface area contributed by atoms with Crippen LogP contribution in [0.2, 0.25) is 10.2 Å². The van der Waals surface area contributed by atoms with Crippen LogP contribution in [0.3, 0.4) is 0 Å². The topological polar surface area (TPSA) is 91.6 Å². The molecule has 5 aromatic rings. The molecule has 0 fully saturated rings. The minimum absolute atomic E-state index is 0.179. The van der Waals surface area contributed by atoms with Crippen molar-refractivity contribution in [1.82, 2.24) is 24.1 Å². The number of fused-ring (bicyclic) bond motifs is 1. The van der Waals surface area contributed by atoms with Crippen molar-refractivity contribution < 1.29 is 0 Å². The summed E-state index contributed by atoms with van der Waals surface area (Å²) in [7, 11) is 3.59. The molecule has 0 bridgehead atoms. The smallest absolute Gasteiger partial charge is 0.251 e. The number of benzene rings is 1. The molecule has 1 atom stereocenters. The number of rotatable bonds is 4. The molecule has 170 valence electrons. The van der Waals surface area contributed by atoms with E-state index in [1.165, 1.54) is 6.07 Å². The van der Waals surface area contributed by atoms with E-state index in [4.69, 9.17) is 33.9 Å². The number of aromatic nitrogens is 5. The predicted octanol–water partition coefficient (Wildman–Crippen LogP) is 4.29. The van der Waals surface area contributed by atoms with Gasteiger partial charge >= 0.3 is 0 Å². The quantitative estimate of drug-likeness (QED) is 0.379. The monoisotopic (exact) mass is 490 g/mol. The third-order valence-corrected chi connectivity index (χ3v) is 6.47. The fourth-order valence-corrected chi connectivity index (χ4v) is 4.47. The molecule has 0 aliphatic carbocycles. The summed E-state index contributed by atoms with van der Waals surface area (Å²) in [5, 5.41) is 0.929. The van der Waals surface area contributed by atoms with E-state index < -0.39 is 5.54 Å². The third-order valence-electron chi connectivity index (χ3n) is 6.00. The summed E-state index contributed by atoms with van der Waals surface area (Å²) in [5.74, 6) is 0. The summed E-state index contributed by atoms with van der Waals surface area (Å²) in [6, 6.07) is 17.8. The number of halogens is 2. The maximum atomic E-state index is 12.7. The Bertz CT molecular complexity index is 1590. The lowest BCUT2D eigenvalue weighted by Gasteiger charge is -2.30. The highest BCUT2D eigenvalue weighted by Gasteiger charge is 2.36. The Balaban J connectivity index is 1.84. The Kier molecular flexibility index (Phi) is 5.48. The SMILES string of the molecule is Cn1cncc1C(N)(c1ccc(Cl)cc1)c1ccc2c(n1)c(-c1cccc(Cl)n1)cc(=O)n2C. The van der Waals surface area contributed by atoms with Crippen LogP contribution in [0.25, 0.3) is 22.3 Å². The van der Waals surface area contributed by atoms with E-state index in [0.717, 1.165) is 11.3 Å². The van der Waals surface area contributed by atoms with Crippen molar-refractivity contribution in [3.05, 3.63) is 111 Å². The van der Waals surface area contributed by atoms with Gasteiger partial charge in [-0.2, -0.15) is 0 Å². The molecule has 0 aliphatic rings. The van der Waals surface area contributed by atoms with Crippen molar-refractivity contribution in [2.24, 2.45) is 19.8 Å². The van der Waals surface area contributed by atoms with E-state index in [1.54, 1.807) is 54.5 Å². The van der Waals surface area contributed by atoms with Crippen LogP contribution in [-0.4, -0.2) is 24.1 Å². The summed E-state index contributed by atoms with van der Waals surface area (Å²) in [4.78, 5) is 26.4. The first-order chi connectivity index (χ1) is 16.3. The fraction of sp³-hybridized carbons (Fsp3) is 0.120. The molecule has 1 aromatic carbocycles. The Morgan fingerprint density at radius 1 is 0.971 bits per heavy atom. The van der Waals surface area contributed by atoms with E-state index in [0.29, 0.717) is 38.2 Å². The van der Waals surface area contributed by atoms with Gasteiger partial charge in [0.1, 0.15) is 10.7 Å². The number of aryl methyl sites for hydroxylation is 2. The highest BCUT2D eigenvalue weighted by atomic mass is 35.5. The lowest BCUT2D eigenvalue weighted by molar-refractivity contribution is 0.580. The maximum absolute atomic E-state index is 12.7. The molecule has 0 amide bonds. The molecule has 0 saturated heterocycles. The molecule has 0 spiro atoms. The summed E-state index contributed by atoms with van der Waals surface area (Å²) >= 11 is 12.3. The molecule has 34 heavy (non-hydrogen) atoms. The van der Waals surface area contributed by atoms with Gasteiger partial charge in [-0.1, -0.05) is 41.4 Å². The number of nitrogens with zero attached hydrogens (tertiary/aromatic N) is 5. The van der Waals surface area contributed by atoms with Gasteiger partial charge in [0.15, 0.2) is 0 Å². The molecule has 1 unspecified atom stereocenters. The molecule has 0 radical (unpaired) electrons. The van der Waals surface area contributed by atoms with Gasteiger partial charge < -0.3 is 14.9 Å². The van der Waals surface area contributed by atoms with Crippen LogP contribution in [0.15, 0.2) is 78.0 Å². The van der Waals surface area contributed by atoms with E-state index in [1.807, 2.05) is 35.9 Å². The number of pyridine rings is 3. The summed E-state index contributed by atoms with van der Waals surface area (Å²) in [6.07, 6.45) is 3.42. The summed E-state index contributed by atoms with van der Waals surface area (Å²) < 4.78 is 3.41. The molecule has 4 heterocycles. The van der Waals surface area contributed by atoms with Crippen molar-refractivity contribution >= 4 is 34.2 Å². The van der Waals surface area contributed by atoms with Crippen molar-refractivity contribution in [3.63, 3.8) is 0 Å². The number of hydrogen-bond acceptors (Lipinski definition) is 5. The molecule has 5 rings (SSSR count). The van der Waals surface area contributed by atoms with Gasteiger partial charge in [0.25, 0.3) is 5.56 Å². The highest BCUT2D eigenvalue weighted by Crippen LogP contribution is 2.35. The summed E-state index contributed by atoms with van der Waals surface area (Å²) in [5.41, 5.74) is 10.3. The Hall–Kier alpha value is -3.52. The van der Waals surface area contributed by atoms with Crippen LogP contribution >= 0.6 is 23.2 Å². The molecule has 0 aliphatic heterocycles. The average molecular weight is 491 g/mol. The van der Waals surface area contributed by atoms with Gasteiger partial charge in [-0.05, 0) is 42.0 Å². The van der Waals surface area contributed by atoms with E-state index in [9.17, 15) is 4.79 Å². The van der Waals surface area contributed by atoms with Crippen LogP contribution in [0.4, 0.5) is 0 Å². The largest absolute Gasteiger partial charge is 0.335 e. The van der Waals surface area contributed by atoms with Gasteiger partial charge in [0, 0.05) is 30.7 Å². The first-order valence-electron chi connectivity index (χ1n) is 10.4. The van der Waals surface area contributed by atoms with Crippen LogP contribution in [0.5, 0.6) is 0 Å². The number of nitrogens with two attached hydrogens (primary N) is 1. The van der Waals surface area contributed by atoms with Crippen molar-refractivity contribution in [2.45, 2.75) is 5.54 Å². The first kappa shape index (κ1) is 22.3. The Morgan fingerprint density at radius 3 is 2.41 bits per heavy atom. The van der Waals surface area contributed by atoms with Gasteiger partial charge in [-0.15, -0.1) is 0 Å². The fourth-order valence-electron chi connectivity index (χ4n) is 4.18. The molecule has 9 heteroatoms. The number of hydrogen-bond donors (Lipinski definition) is 1. The standard InChI is InChI=1S/C25H20Cl2N6O/c1-32-14-29-13-21(32)25(28,15-6-8-16(26)9-7-15)20-11-10-19-24(31-20)17(12-23(34)33(19)2)18-4-3-5-22(27)30-18/h3-14H,28H2,1-2H3. The maximum Gasteiger partial charge on any atom is 0.251 e. The van der Waals surface area contributed by atoms with Crippen LogP contribution in [-0.2, 0) is 19.6 Å². The van der Waals surface area contributed by atoms with Crippen LogP contribution in [0, 0.1) is 0 Å². The zero-order valence-electron chi connectivity index (χ0n) is 18.4. The molecule has 2 N–H and O–H groups in total. The molecular weight excluding hydrogens is 471 g/mol. The van der Waals surface area contributed by atoms with E-state index >= 15 is 0 Å². The Morgan fingerprint density at radius 2 is 1.74 bits per heavy atom. The second-order valence-electron chi connectivity index (χ2n) is 8.07. The lowest BCUT2D eigenvalue weighted by Crippen LogP contribution is -2.41. The third kappa shape index (κ3) is 3.58. The molecule has 0 saturated carbocycles. The van der Waals surface area contributed by atoms with Gasteiger partial charge in [0.05, 0.1) is 40.6 Å². The van der Waals surface area contributed by atoms with E-state index in [2.05, 4.69) is 9.97 Å². The van der Waals surface area contributed by atoms with Gasteiger partial charge in [0.2, 0.25) is 0 Å². The average Bonchev–Trinajstić information content (AvgIpc) is 3.27. The lowest BCUT2D eigenvalue weighted by atomic mass is 9.84. The zero-order valence-corrected chi connectivity index (χ0v) is 19.9. The van der Waals surface area contributed by atoms with Crippen LogP contribution in [0.1, 0.15) is 17.0 Å². The molecular formula is C25H20Cl2N6O.